The molecule has 0 aliphatic heterocycles. The van der Waals surface area contributed by atoms with Crippen molar-refractivity contribution in [1.82, 2.24) is 9.97 Å². The van der Waals surface area contributed by atoms with Gasteiger partial charge in [0.1, 0.15) is 5.82 Å². The van der Waals surface area contributed by atoms with Crippen molar-refractivity contribution < 1.29 is 0 Å². The summed E-state index contributed by atoms with van der Waals surface area (Å²) >= 11 is 0. The monoisotopic (exact) mass is 205 g/mol. The summed E-state index contributed by atoms with van der Waals surface area (Å²) in [6.45, 7) is 5.04. The first-order chi connectivity index (χ1) is 7.25. The maximum absolute atomic E-state index is 4.46. The van der Waals surface area contributed by atoms with E-state index in [2.05, 4.69) is 15.3 Å². The molecule has 1 aliphatic rings. The van der Waals surface area contributed by atoms with E-state index in [0.717, 1.165) is 29.7 Å². The Morgan fingerprint density at radius 2 is 2.07 bits per heavy atom. The lowest BCUT2D eigenvalue weighted by molar-refractivity contribution is 0.578. The van der Waals surface area contributed by atoms with Crippen LogP contribution >= 0.6 is 0 Å². The molecular formula is C12H19N3. The molecule has 0 aromatic carbocycles. The fraction of sp³-hybridized carbons (Fsp3) is 0.667. The van der Waals surface area contributed by atoms with E-state index in [4.69, 9.17) is 0 Å². The molecule has 0 spiro atoms. The zero-order valence-corrected chi connectivity index (χ0v) is 9.58. The van der Waals surface area contributed by atoms with Crippen molar-refractivity contribution in [2.75, 3.05) is 11.9 Å². The number of anilines is 1. The zero-order chi connectivity index (χ0) is 10.7. The highest BCUT2D eigenvalue weighted by molar-refractivity contribution is 5.39. The van der Waals surface area contributed by atoms with Gasteiger partial charge in [-0.3, -0.25) is 4.98 Å². The van der Waals surface area contributed by atoms with E-state index in [9.17, 15) is 0 Å². The first kappa shape index (κ1) is 10.4. The highest BCUT2D eigenvalue weighted by atomic mass is 15.0. The van der Waals surface area contributed by atoms with Gasteiger partial charge in [-0.05, 0) is 32.6 Å². The highest BCUT2D eigenvalue weighted by Crippen LogP contribution is 2.24. The molecule has 0 radical (unpaired) electrons. The standard InChI is InChI=1S/C12H19N3/c1-9-7-13-10(2)12(15-9)14-8-11-5-3-4-6-11/h7,11H,3-6,8H2,1-2H3,(H,14,15). The number of aryl methyl sites for hydroxylation is 2. The highest BCUT2D eigenvalue weighted by Gasteiger charge is 2.15. The van der Waals surface area contributed by atoms with Gasteiger partial charge in [-0.25, -0.2) is 4.98 Å². The van der Waals surface area contributed by atoms with Gasteiger partial charge in [0.25, 0.3) is 0 Å². The topological polar surface area (TPSA) is 37.8 Å². The van der Waals surface area contributed by atoms with E-state index in [-0.39, 0.29) is 0 Å². The second-order valence-electron chi connectivity index (χ2n) is 4.48. The van der Waals surface area contributed by atoms with Crippen LogP contribution in [0.3, 0.4) is 0 Å². The lowest BCUT2D eigenvalue weighted by atomic mass is 10.1. The van der Waals surface area contributed by atoms with Gasteiger partial charge in [0.2, 0.25) is 0 Å². The van der Waals surface area contributed by atoms with Gasteiger partial charge < -0.3 is 5.32 Å². The van der Waals surface area contributed by atoms with Crippen molar-refractivity contribution in [3.05, 3.63) is 17.6 Å². The quantitative estimate of drug-likeness (QED) is 0.824. The molecule has 15 heavy (non-hydrogen) atoms. The van der Waals surface area contributed by atoms with Gasteiger partial charge in [-0.15, -0.1) is 0 Å². The van der Waals surface area contributed by atoms with E-state index in [0.29, 0.717) is 0 Å². The SMILES string of the molecule is Cc1cnc(C)c(NCC2CCCC2)n1. The van der Waals surface area contributed by atoms with E-state index >= 15 is 0 Å². The number of hydrogen-bond acceptors (Lipinski definition) is 3. The Morgan fingerprint density at radius 3 is 2.80 bits per heavy atom. The zero-order valence-electron chi connectivity index (χ0n) is 9.58. The summed E-state index contributed by atoms with van der Waals surface area (Å²) in [5.41, 5.74) is 1.98. The van der Waals surface area contributed by atoms with E-state index in [1.165, 1.54) is 25.7 Å². The molecule has 0 atom stereocenters. The first-order valence-corrected chi connectivity index (χ1v) is 5.80. The predicted molar refractivity (Wildman–Crippen MR) is 62.0 cm³/mol. The van der Waals surface area contributed by atoms with Gasteiger partial charge >= 0.3 is 0 Å². The summed E-state index contributed by atoms with van der Waals surface area (Å²) in [6.07, 6.45) is 7.34. The molecule has 1 aromatic heterocycles. The molecule has 0 amide bonds. The van der Waals surface area contributed by atoms with Crippen LogP contribution in [0.25, 0.3) is 0 Å². The molecule has 0 unspecified atom stereocenters. The number of hydrogen-bond donors (Lipinski definition) is 1. The van der Waals surface area contributed by atoms with Gasteiger partial charge in [-0.2, -0.15) is 0 Å². The van der Waals surface area contributed by atoms with E-state index < -0.39 is 0 Å². The molecule has 1 aliphatic carbocycles. The van der Waals surface area contributed by atoms with Crippen molar-refractivity contribution >= 4 is 5.82 Å². The molecule has 1 N–H and O–H groups in total. The molecule has 0 saturated heterocycles. The Morgan fingerprint density at radius 1 is 1.33 bits per heavy atom. The Labute approximate surface area is 91.3 Å². The third-order valence-corrected chi connectivity index (χ3v) is 3.11. The number of nitrogens with one attached hydrogen (secondary N) is 1. The fourth-order valence-corrected chi connectivity index (χ4v) is 2.16. The van der Waals surface area contributed by atoms with Crippen molar-refractivity contribution in [1.29, 1.82) is 0 Å². The number of aromatic nitrogens is 2. The third kappa shape index (κ3) is 2.67. The van der Waals surface area contributed by atoms with Crippen LogP contribution in [0, 0.1) is 19.8 Å². The normalized spacial score (nSPS) is 16.9. The lowest BCUT2D eigenvalue weighted by Gasteiger charge is -2.12. The summed E-state index contributed by atoms with van der Waals surface area (Å²) in [5, 5.41) is 3.42. The summed E-state index contributed by atoms with van der Waals surface area (Å²) < 4.78 is 0. The molecule has 3 heteroatoms. The Hall–Kier alpha value is -1.12. The third-order valence-electron chi connectivity index (χ3n) is 3.11. The summed E-state index contributed by atoms with van der Waals surface area (Å²) in [6, 6.07) is 0. The van der Waals surface area contributed by atoms with Crippen molar-refractivity contribution in [2.24, 2.45) is 5.92 Å². The van der Waals surface area contributed by atoms with Crippen LogP contribution in [0.15, 0.2) is 6.20 Å². The van der Waals surface area contributed by atoms with Gasteiger partial charge in [0, 0.05) is 12.7 Å². The van der Waals surface area contributed by atoms with Crippen molar-refractivity contribution in [3.63, 3.8) is 0 Å². The average Bonchev–Trinajstić information content (AvgIpc) is 2.72. The average molecular weight is 205 g/mol. The molecular weight excluding hydrogens is 186 g/mol. The minimum absolute atomic E-state index is 0.840. The maximum atomic E-state index is 4.46. The molecule has 82 valence electrons. The Balaban J connectivity index is 1.94. The van der Waals surface area contributed by atoms with E-state index in [1.807, 2.05) is 20.0 Å². The molecule has 0 bridgehead atoms. The Kier molecular flexibility index (Phi) is 3.19. The molecule has 1 saturated carbocycles. The second-order valence-corrected chi connectivity index (χ2v) is 4.48. The van der Waals surface area contributed by atoms with Crippen LogP contribution in [0.5, 0.6) is 0 Å². The van der Waals surface area contributed by atoms with Gasteiger partial charge in [0.15, 0.2) is 0 Å². The van der Waals surface area contributed by atoms with Gasteiger partial charge in [-0.1, -0.05) is 12.8 Å². The second kappa shape index (κ2) is 4.60. The smallest absolute Gasteiger partial charge is 0.147 e. The van der Waals surface area contributed by atoms with Crippen molar-refractivity contribution in [2.45, 2.75) is 39.5 Å². The lowest BCUT2D eigenvalue weighted by Crippen LogP contribution is -2.13. The van der Waals surface area contributed by atoms with E-state index in [1.54, 1.807) is 0 Å². The molecule has 1 aromatic rings. The van der Waals surface area contributed by atoms with Crippen molar-refractivity contribution in [3.8, 4) is 0 Å². The predicted octanol–water partition coefficient (Wildman–Crippen LogP) is 2.70. The van der Waals surface area contributed by atoms with Crippen LogP contribution in [0.2, 0.25) is 0 Å². The molecule has 2 rings (SSSR count). The van der Waals surface area contributed by atoms with Crippen LogP contribution < -0.4 is 5.32 Å². The molecule has 1 fully saturated rings. The summed E-state index contributed by atoms with van der Waals surface area (Å²) in [7, 11) is 0. The minimum Gasteiger partial charge on any atom is -0.368 e. The first-order valence-electron chi connectivity index (χ1n) is 5.80. The number of rotatable bonds is 3. The van der Waals surface area contributed by atoms with Crippen LogP contribution in [-0.2, 0) is 0 Å². The Bertz CT molecular complexity index is 330. The minimum atomic E-state index is 0.840. The van der Waals surface area contributed by atoms with Gasteiger partial charge in [0.05, 0.1) is 11.4 Å². The van der Waals surface area contributed by atoms with Crippen LogP contribution in [-0.4, -0.2) is 16.5 Å². The molecule has 1 heterocycles. The molecule has 3 nitrogen and oxygen atoms in total. The maximum Gasteiger partial charge on any atom is 0.147 e. The van der Waals surface area contributed by atoms with Crippen LogP contribution in [0.4, 0.5) is 5.82 Å². The van der Waals surface area contributed by atoms with Crippen LogP contribution in [0.1, 0.15) is 37.1 Å². The largest absolute Gasteiger partial charge is 0.368 e. The summed E-state index contributed by atoms with van der Waals surface area (Å²) in [5.74, 6) is 1.80. The summed E-state index contributed by atoms with van der Waals surface area (Å²) in [4.78, 5) is 8.76. The fourth-order valence-electron chi connectivity index (χ4n) is 2.16. The number of nitrogens with zero attached hydrogens (tertiary/aromatic N) is 2.